The molecule has 0 fully saturated rings. The minimum absolute atomic E-state index is 0.176. The van der Waals surface area contributed by atoms with Gasteiger partial charge in [-0.1, -0.05) is 50.2 Å². The van der Waals surface area contributed by atoms with Gasteiger partial charge in [-0.25, -0.2) is 9.97 Å². The minimum Gasteiger partial charge on any atom is -0.307 e. The van der Waals surface area contributed by atoms with E-state index in [9.17, 15) is 0 Å². The van der Waals surface area contributed by atoms with Gasteiger partial charge in [0.2, 0.25) is 0 Å². The van der Waals surface area contributed by atoms with Crippen molar-refractivity contribution in [2.75, 3.05) is 9.80 Å². The second kappa shape index (κ2) is 10.6. The number of nitrogens with zero attached hydrogens (tertiary/aromatic N) is 6. The lowest BCUT2D eigenvalue weighted by molar-refractivity contribution is 0.337. The van der Waals surface area contributed by atoms with Crippen LogP contribution in [0.2, 0.25) is 0 Å². The molecule has 0 N–H and O–H groups in total. The Morgan fingerprint density at radius 2 is 1.00 bits per heavy atom. The lowest BCUT2D eigenvalue weighted by atomic mass is 9.80. The van der Waals surface area contributed by atoms with Crippen molar-refractivity contribution in [3.63, 3.8) is 0 Å². The Labute approximate surface area is 303 Å². The van der Waals surface area contributed by atoms with Crippen molar-refractivity contribution in [2.45, 2.75) is 111 Å². The van der Waals surface area contributed by atoms with E-state index >= 15 is 0 Å². The van der Waals surface area contributed by atoms with E-state index in [1.54, 1.807) is 0 Å². The van der Waals surface area contributed by atoms with Crippen molar-refractivity contribution in [2.24, 2.45) is 9.98 Å². The van der Waals surface area contributed by atoms with Gasteiger partial charge < -0.3 is 9.80 Å². The highest BCUT2D eigenvalue weighted by atomic mass is 15.4. The first-order valence-electron chi connectivity index (χ1n) is 18.2. The molecule has 0 saturated carbocycles. The number of hydrogen-bond donors (Lipinski definition) is 0. The molecular formula is C45H50N6. The summed E-state index contributed by atoms with van der Waals surface area (Å²) in [7, 11) is 0. The molecule has 2 aliphatic heterocycles. The van der Waals surface area contributed by atoms with E-state index in [4.69, 9.17) is 20.0 Å². The summed E-state index contributed by atoms with van der Waals surface area (Å²) in [6.45, 7) is 26.7. The maximum Gasteiger partial charge on any atom is 0.134 e. The lowest BCUT2D eigenvalue weighted by Crippen LogP contribution is -2.53. The van der Waals surface area contributed by atoms with Crippen molar-refractivity contribution in [1.29, 1.82) is 0 Å². The first kappa shape index (κ1) is 33.3. The Morgan fingerprint density at radius 3 is 1.49 bits per heavy atom. The smallest absolute Gasteiger partial charge is 0.134 e. The van der Waals surface area contributed by atoms with Crippen LogP contribution in [0, 0.1) is 0 Å². The average molecular weight is 675 g/mol. The zero-order valence-corrected chi connectivity index (χ0v) is 32.3. The van der Waals surface area contributed by atoms with Crippen LogP contribution in [-0.2, 0) is 5.41 Å². The molecule has 3 aliphatic rings. The fraction of sp³-hybridized carbons (Fsp3) is 0.378. The lowest BCUT2D eigenvalue weighted by Gasteiger charge is -2.40. The predicted octanol–water partition coefficient (Wildman–Crippen LogP) is 10.9. The van der Waals surface area contributed by atoms with Crippen LogP contribution in [0.4, 0.5) is 11.6 Å². The van der Waals surface area contributed by atoms with Gasteiger partial charge in [0.05, 0.1) is 22.2 Å². The van der Waals surface area contributed by atoms with Crippen LogP contribution < -0.4 is 9.80 Å². The molecule has 6 nitrogen and oxygen atoms in total. The molecule has 2 aromatic heterocycles. The number of fused-ring (bicyclic) bond motifs is 5. The van der Waals surface area contributed by atoms with Crippen LogP contribution >= 0.6 is 0 Å². The Balaban J connectivity index is 1.17. The fourth-order valence-electron chi connectivity index (χ4n) is 8.81. The number of pyridine rings is 2. The van der Waals surface area contributed by atoms with E-state index in [0.717, 1.165) is 34.4 Å². The van der Waals surface area contributed by atoms with Crippen molar-refractivity contribution in [3.8, 4) is 33.4 Å². The number of aliphatic imine (C=N–C) groups is 2. The Hall–Kier alpha value is -4.84. The van der Waals surface area contributed by atoms with Gasteiger partial charge in [0.15, 0.2) is 0 Å². The highest BCUT2D eigenvalue weighted by molar-refractivity contribution is 6.09. The van der Waals surface area contributed by atoms with E-state index in [2.05, 4.69) is 166 Å². The van der Waals surface area contributed by atoms with Gasteiger partial charge >= 0.3 is 0 Å². The van der Waals surface area contributed by atoms with Crippen molar-refractivity contribution in [3.05, 3.63) is 96.3 Å². The summed E-state index contributed by atoms with van der Waals surface area (Å²) < 4.78 is 0. The predicted molar refractivity (Wildman–Crippen MR) is 215 cm³/mol. The maximum absolute atomic E-state index is 5.05. The van der Waals surface area contributed by atoms with Gasteiger partial charge in [-0.3, -0.25) is 9.98 Å². The zero-order chi connectivity index (χ0) is 36.5. The molecule has 0 unspecified atom stereocenters. The molecule has 51 heavy (non-hydrogen) atoms. The van der Waals surface area contributed by atoms with Crippen LogP contribution in [-0.4, -0.2) is 43.8 Å². The summed E-state index contributed by atoms with van der Waals surface area (Å²) >= 11 is 0. The number of anilines is 2. The molecule has 0 amide bonds. The third-order valence-electron chi connectivity index (χ3n) is 12.9. The first-order chi connectivity index (χ1) is 23.9. The summed E-state index contributed by atoms with van der Waals surface area (Å²) in [6, 6.07) is 27.0. The average Bonchev–Trinajstić information content (AvgIpc) is 3.47. The summed E-state index contributed by atoms with van der Waals surface area (Å²) in [5.74, 6) is 3.87. The van der Waals surface area contributed by atoms with Gasteiger partial charge in [-0.05, 0) is 150 Å². The van der Waals surface area contributed by atoms with Crippen LogP contribution in [0.3, 0.4) is 0 Å². The first-order valence-corrected chi connectivity index (χ1v) is 18.2. The molecule has 0 atom stereocenters. The van der Waals surface area contributed by atoms with Crippen molar-refractivity contribution < 1.29 is 0 Å². The van der Waals surface area contributed by atoms with E-state index in [1.807, 2.05) is 12.4 Å². The van der Waals surface area contributed by atoms with E-state index in [0.29, 0.717) is 0 Å². The molecule has 4 heterocycles. The van der Waals surface area contributed by atoms with Crippen molar-refractivity contribution >= 4 is 34.1 Å². The maximum atomic E-state index is 5.05. The van der Waals surface area contributed by atoms with Gasteiger partial charge in [0.25, 0.3) is 0 Å². The van der Waals surface area contributed by atoms with Crippen molar-refractivity contribution in [1.82, 2.24) is 9.97 Å². The summed E-state index contributed by atoms with van der Waals surface area (Å²) in [5.41, 5.74) is 8.99. The van der Waals surface area contributed by atoms with E-state index in [-0.39, 0.29) is 27.6 Å². The molecule has 0 bridgehead atoms. The highest BCUT2D eigenvalue weighted by Crippen LogP contribution is 2.54. The van der Waals surface area contributed by atoms with E-state index < -0.39 is 0 Å². The number of hydrogen-bond acceptors (Lipinski definition) is 6. The van der Waals surface area contributed by atoms with Gasteiger partial charge in [-0.15, -0.1) is 0 Å². The van der Waals surface area contributed by atoms with Crippen LogP contribution in [0.15, 0.2) is 95.2 Å². The molecule has 5 aromatic rings. The molecule has 0 spiro atoms. The minimum atomic E-state index is -0.204. The molecule has 1 aliphatic carbocycles. The van der Waals surface area contributed by atoms with Gasteiger partial charge in [0, 0.05) is 28.9 Å². The SMILES string of the molecule is CC1=NC(C)(C)C(C)(C)N1c1ccc(-c2ccc3c(c2)C(C)(C)c2cc(-c4ccc(N5C(C)=NC(C)(C)C5(C)C)nc4)c4ccccc4c2-3)cn1. The highest BCUT2D eigenvalue weighted by Gasteiger charge is 2.49. The molecular weight excluding hydrogens is 625 g/mol. The molecule has 0 saturated heterocycles. The molecule has 0 radical (unpaired) electrons. The molecule has 260 valence electrons. The number of aromatic nitrogens is 2. The Morgan fingerprint density at radius 1 is 0.490 bits per heavy atom. The molecule has 3 aromatic carbocycles. The summed E-state index contributed by atoms with van der Waals surface area (Å²) in [5, 5.41) is 2.52. The molecule has 6 heteroatoms. The van der Waals surface area contributed by atoms with Gasteiger partial charge in [0.1, 0.15) is 23.3 Å². The number of amidine groups is 2. The Kier molecular flexibility index (Phi) is 6.92. The second-order valence-electron chi connectivity index (χ2n) is 17.3. The largest absolute Gasteiger partial charge is 0.307 e. The Bertz CT molecular complexity index is 2300. The normalized spacial score (nSPS) is 20.3. The third-order valence-corrected chi connectivity index (χ3v) is 12.9. The van der Waals surface area contributed by atoms with Crippen LogP contribution in [0.5, 0.6) is 0 Å². The monoisotopic (exact) mass is 674 g/mol. The van der Waals surface area contributed by atoms with Gasteiger partial charge in [-0.2, -0.15) is 0 Å². The topological polar surface area (TPSA) is 57.0 Å². The quantitative estimate of drug-likeness (QED) is 0.190. The zero-order valence-electron chi connectivity index (χ0n) is 32.3. The number of benzene rings is 3. The number of rotatable bonds is 4. The third kappa shape index (κ3) is 4.60. The summed E-state index contributed by atoms with van der Waals surface area (Å²) in [4.78, 5) is 24.5. The standard InChI is InChI=1S/C45H50N6/c1-27-48-42(5,6)44(9,10)50(27)38-21-18-30(25-46-38)29-17-20-34-36(23-29)41(3,4)37-24-35(32-15-13-14-16-33(32)40(34)37)31-19-22-39(47-26-31)51-28(2)49-43(7,8)45(51,11)12/h13-26H,1-12H3. The van der Waals surface area contributed by atoms with Crippen LogP contribution in [0.25, 0.3) is 44.2 Å². The fourth-order valence-corrected chi connectivity index (χ4v) is 8.81. The summed E-state index contributed by atoms with van der Waals surface area (Å²) in [6.07, 6.45) is 4.06. The van der Waals surface area contributed by atoms with E-state index in [1.165, 1.54) is 44.2 Å². The molecule has 8 rings (SSSR count). The second-order valence-corrected chi connectivity index (χ2v) is 17.3. The van der Waals surface area contributed by atoms with Crippen LogP contribution in [0.1, 0.15) is 94.2 Å².